The summed E-state index contributed by atoms with van der Waals surface area (Å²) in [5.41, 5.74) is -0.135. The number of carbonyl (C=O) groups excluding carboxylic acids is 1. The van der Waals surface area contributed by atoms with Crippen LogP contribution in [0.25, 0.3) is 0 Å². The zero-order chi connectivity index (χ0) is 14.4. The summed E-state index contributed by atoms with van der Waals surface area (Å²) in [6, 6.07) is 2.66. The predicted octanol–water partition coefficient (Wildman–Crippen LogP) is 0.831. The van der Waals surface area contributed by atoms with Gasteiger partial charge in [0.1, 0.15) is 5.69 Å². The Kier molecular flexibility index (Phi) is 5.29. The largest absolute Gasteiger partial charge is 0.396 e. The van der Waals surface area contributed by atoms with Gasteiger partial charge < -0.3 is 10.4 Å². The Morgan fingerprint density at radius 1 is 1.40 bits per heavy atom. The van der Waals surface area contributed by atoms with Gasteiger partial charge in [0, 0.05) is 18.7 Å². The lowest BCUT2D eigenvalue weighted by molar-refractivity contribution is 0.0893. The van der Waals surface area contributed by atoms with Crippen molar-refractivity contribution in [1.29, 1.82) is 0 Å². The van der Waals surface area contributed by atoms with E-state index in [4.69, 9.17) is 0 Å². The summed E-state index contributed by atoms with van der Waals surface area (Å²) in [5.74, 6) is 0.118. The van der Waals surface area contributed by atoms with Crippen molar-refractivity contribution in [3.63, 3.8) is 0 Å². The molecule has 1 fully saturated rings. The van der Waals surface area contributed by atoms with Crippen LogP contribution in [-0.4, -0.2) is 33.9 Å². The molecule has 0 aromatic carbocycles. The SMILES string of the molecule is O=C(NC(CCO)C1CCCCC1)c1ccc(=O)[nH]n1. The van der Waals surface area contributed by atoms with Crippen LogP contribution in [0.1, 0.15) is 49.0 Å². The van der Waals surface area contributed by atoms with E-state index in [9.17, 15) is 14.7 Å². The maximum atomic E-state index is 12.1. The molecule has 1 saturated carbocycles. The second kappa shape index (κ2) is 7.19. The van der Waals surface area contributed by atoms with Gasteiger partial charge >= 0.3 is 0 Å². The lowest BCUT2D eigenvalue weighted by Crippen LogP contribution is -2.42. The first-order valence-electron chi connectivity index (χ1n) is 7.18. The van der Waals surface area contributed by atoms with Crippen LogP contribution in [0.4, 0.5) is 0 Å². The standard InChI is InChI=1S/C14H21N3O3/c18-9-8-11(10-4-2-1-3-5-10)15-14(20)12-6-7-13(19)17-16-12/h6-7,10-11,18H,1-5,8-9H2,(H,15,20)(H,17,19). The van der Waals surface area contributed by atoms with Crippen molar-refractivity contribution in [3.05, 3.63) is 28.2 Å². The number of hydrogen-bond donors (Lipinski definition) is 3. The summed E-state index contributed by atoms with van der Waals surface area (Å²) >= 11 is 0. The highest BCUT2D eigenvalue weighted by Gasteiger charge is 2.25. The van der Waals surface area contributed by atoms with Crippen LogP contribution in [-0.2, 0) is 0 Å². The summed E-state index contributed by atoms with van der Waals surface area (Å²) in [7, 11) is 0. The number of aliphatic hydroxyl groups is 1. The first-order valence-corrected chi connectivity index (χ1v) is 7.18. The fraction of sp³-hybridized carbons (Fsp3) is 0.643. The molecule has 0 spiro atoms. The van der Waals surface area contributed by atoms with Crippen LogP contribution in [0.2, 0.25) is 0 Å². The number of rotatable bonds is 5. The molecule has 1 aromatic heterocycles. The third-order valence-electron chi connectivity index (χ3n) is 3.89. The third-order valence-corrected chi connectivity index (χ3v) is 3.89. The molecule has 3 N–H and O–H groups in total. The monoisotopic (exact) mass is 279 g/mol. The summed E-state index contributed by atoms with van der Waals surface area (Å²) in [5, 5.41) is 18.1. The Bertz CT molecular complexity index is 474. The molecule has 0 aliphatic heterocycles. The summed E-state index contributed by atoms with van der Waals surface area (Å²) in [4.78, 5) is 23.0. The Balaban J connectivity index is 2.01. The molecule has 1 unspecified atom stereocenters. The van der Waals surface area contributed by atoms with E-state index in [1.165, 1.54) is 31.4 Å². The molecule has 6 nitrogen and oxygen atoms in total. The van der Waals surface area contributed by atoms with Gasteiger partial charge in [0.05, 0.1) is 0 Å². The molecule has 0 bridgehead atoms. The van der Waals surface area contributed by atoms with Gasteiger partial charge in [0.2, 0.25) is 0 Å². The number of nitrogens with zero attached hydrogens (tertiary/aromatic N) is 1. The lowest BCUT2D eigenvalue weighted by Gasteiger charge is -2.30. The Hall–Kier alpha value is -1.69. The molecule has 2 rings (SSSR count). The highest BCUT2D eigenvalue weighted by molar-refractivity contribution is 5.92. The molecule has 0 saturated heterocycles. The molecule has 20 heavy (non-hydrogen) atoms. The minimum absolute atomic E-state index is 0.0264. The van der Waals surface area contributed by atoms with Crippen LogP contribution < -0.4 is 10.9 Å². The van der Waals surface area contributed by atoms with Gasteiger partial charge in [0.15, 0.2) is 0 Å². The minimum Gasteiger partial charge on any atom is -0.396 e. The molecule has 6 heteroatoms. The normalized spacial score (nSPS) is 17.6. The number of hydrogen-bond acceptors (Lipinski definition) is 4. The number of aliphatic hydroxyl groups excluding tert-OH is 1. The molecular weight excluding hydrogens is 258 g/mol. The Morgan fingerprint density at radius 3 is 2.75 bits per heavy atom. The van der Waals surface area contributed by atoms with E-state index in [0.717, 1.165) is 12.8 Å². The number of nitrogens with one attached hydrogen (secondary N) is 2. The highest BCUT2D eigenvalue weighted by Crippen LogP contribution is 2.27. The molecule has 1 atom stereocenters. The van der Waals surface area contributed by atoms with Crippen molar-refractivity contribution in [3.8, 4) is 0 Å². The number of carbonyl (C=O) groups is 1. The molecule has 1 aromatic rings. The van der Waals surface area contributed by atoms with Crippen molar-refractivity contribution in [2.24, 2.45) is 5.92 Å². The fourth-order valence-corrected chi connectivity index (χ4v) is 2.81. The van der Waals surface area contributed by atoms with Crippen LogP contribution in [0.15, 0.2) is 16.9 Å². The number of amides is 1. The molecular formula is C14H21N3O3. The maximum absolute atomic E-state index is 12.1. The first kappa shape index (κ1) is 14.7. The second-order valence-electron chi connectivity index (χ2n) is 5.30. The number of aromatic amines is 1. The van der Waals surface area contributed by atoms with Crippen LogP contribution in [0.3, 0.4) is 0 Å². The molecule has 1 amide bonds. The van der Waals surface area contributed by atoms with Crippen molar-refractivity contribution in [1.82, 2.24) is 15.5 Å². The zero-order valence-electron chi connectivity index (χ0n) is 11.5. The summed E-state index contributed by atoms with van der Waals surface area (Å²) in [6.45, 7) is 0.0560. The van der Waals surface area contributed by atoms with Gasteiger partial charge in [-0.1, -0.05) is 19.3 Å². The average Bonchev–Trinajstić information content (AvgIpc) is 2.48. The number of aromatic nitrogens is 2. The van der Waals surface area contributed by atoms with Gasteiger partial charge in [0.25, 0.3) is 11.5 Å². The molecule has 1 heterocycles. The second-order valence-corrected chi connectivity index (χ2v) is 5.30. The lowest BCUT2D eigenvalue weighted by atomic mass is 9.82. The molecule has 0 radical (unpaired) electrons. The zero-order valence-corrected chi connectivity index (χ0v) is 11.5. The Morgan fingerprint density at radius 2 is 2.15 bits per heavy atom. The maximum Gasteiger partial charge on any atom is 0.271 e. The van der Waals surface area contributed by atoms with Gasteiger partial charge in [-0.25, -0.2) is 5.10 Å². The molecule has 1 aliphatic carbocycles. The molecule has 1 aliphatic rings. The topological polar surface area (TPSA) is 95.1 Å². The van der Waals surface area contributed by atoms with E-state index in [-0.39, 0.29) is 29.8 Å². The van der Waals surface area contributed by atoms with E-state index in [1.807, 2.05) is 0 Å². The van der Waals surface area contributed by atoms with E-state index in [1.54, 1.807) is 0 Å². The molecule has 110 valence electrons. The van der Waals surface area contributed by atoms with Crippen LogP contribution in [0.5, 0.6) is 0 Å². The quantitative estimate of drug-likeness (QED) is 0.744. The Labute approximate surface area is 117 Å². The van der Waals surface area contributed by atoms with E-state index < -0.39 is 0 Å². The van der Waals surface area contributed by atoms with Crippen molar-refractivity contribution in [2.45, 2.75) is 44.6 Å². The van der Waals surface area contributed by atoms with Crippen molar-refractivity contribution in [2.75, 3.05) is 6.61 Å². The van der Waals surface area contributed by atoms with E-state index in [2.05, 4.69) is 15.5 Å². The van der Waals surface area contributed by atoms with Crippen molar-refractivity contribution >= 4 is 5.91 Å². The minimum atomic E-state index is -0.333. The van der Waals surface area contributed by atoms with Gasteiger partial charge in [-0.15, -0.1) is 0 Å². The highest BCUT2D eigenvalue weighted by atomic mass is 16.3. The average molecular weight is 279 g/mol. The van der Waals surface area contributed by atoms with Crippen molar-refractivity contribution < 1.29 is 9.90 Å². The van der Waals surface area contributed by atoms with Gasteiger partial charge in [-0.3, -0.25) is 9.59 Å². The first-order chi connectivity index (χ1) is 9.70. The van der Waals surface area contributed by atoms with Gasteiger partial charge in [-0.05, 0) is 31.2 Å². The predicted molar refractivity (Wildman–Crippen MR) is 74.4 cm³/mol. The fourth-order valence-electron chi connectivity index (χ4n) is 2.81. The number of H-pyrrole nitrogens is 1. The van der Waals surface area contributed by atoms with E-state index in [0.29, 0.717) is 12.3 Å². The smallest absolute Gasteiger partial charge is 0.271 e. The summed E-state index contributed by atoms with van der Waals surface area (Å²) in [6.07, 6.45) is 6.34. The summed E-state index contributed by atoms with van der Waals surface area (Å²) < 4.78 is 0. The van der Waals surface area contributed by atoms with Crippen LogP contribution >= 0.6 is 0 Å². The van der Waals surface area contributed by atoms with Crippen LogP contribution in [0, 0.1) is 5.92 Å². The third kappa shape index (κ3) is 3.90. The van der Waals surface area contributed by atoms with Gasteiger partial charge in [-0.2, -0.15) is 5.10 Å². The van der Waals surface area contributed by atoms with E-state index >= 15 is 0 Å².